The average molecular weight is 358 g/mol. The summed E-state index contributed by atoms with van der Waals surface area (Å²) in [5, 5.41) is 8.46. The van der Waals surface area contributed by atoms with Crippen molar-refractivity contribution < 1.29 is 9.29 Å². The third-order valence-corrected chi connectivity index (χ3v) is 4.51. The minimum Gasteiger partial charge on any atom is -0.315 e. The summed E-state index contributed by atoms with van der Waals surface area (Å²) < 4.78 is 17.0. The monoisotopic (exact) mass is 358 g/mol. The molecule has 0 saturated carbocycles. The Morgan fingerprint density at radius 1 is 1.04 bits per heavy atom. The van der Waals surface area contributed by atoms with Gasteiger partial charge in [0, 0.05) is 5.56 Å². The van der Waals surface area contributed by atoms with Gasteiger partial charge in [-0.25, -0.2) is 4.39 Å². The van der Waals surface area contributed by atoms with E-state index in [1.54, 1.807) is 21.5 Å². The Kier molecular flexibility index (Phi) is 5.06. The number of quaternary nitrogens is 1. The van der Waals surface area contributed by atoms with Gasteiger partial charge in [-0.05, 0) is 59.8 Å². The van der Waals surface area contributed by atoms with Crippen LogP contribution in [0.4, 0.5) is 4.39 Å². The van der Waals surface area contributed by atoms with Crippen LogP contribution < -0.4 is 4.90 Å². The molecule has 3 rings (SSSR count). The molecule has 7 heteroatoms. The van der Waals surface area contributed by atoms with Gasteiger partial charge in [0.25, 0.3) is 0 Å². The van der Waals surface area contributed by atoms with Gasteiger partial charge in [-0.2, -0.15) is 9.36 Å². The SMILES string of the molecule is Cc1cccc(C)c1-n1nnn(C[NH+](C)Cc2ccc(F)cc2)c1=S. The fourth-order valence-electron chi connectivity index (χ4n) is 2.92. The third kappa shape index (κ3) is 3.83. The Hall–Kier alpha value is -2.38. The summed E-state index contributed by atoms with van der Waals surface area (Å²) >= 11 is 5.56. The number of rotatable bonds is 5. The molecule has 0 aliphatic heterocycles. The summed E-state index contributed by atoms with van der Waals surface area (Å²) in [7, 11) is 2.04. The smallest absolute Gasteiger partial charge is 0.225 e. The van der Waals surface area contributed by atoms with E-state index in [1.807, 2.05) is 39.1 Å². The van der Waals surface area contributed by atoms with Crippen LogP contribution in [0.3, 0.4) is 0 Å². The minimum atomic E-state index is -0.222. The van der Waals surface area contributed by atoms with Gasteiger partial charge >= 0.3 is 0 Å². The number of aryl methyl sites for hydroxylation is 2. The topological polar surface area (TPSA) is 40.1 Å². The molecule has 25 heavy (non-hydrogen) atoms. The lowest BCUT2D eigenvalue weighted by Gasteiger charge is -2.13. The molecular formula is C18H21FN5S+. The first-order chi connectivity index (χ1) is 12.0. The first kappa shape index (κ1) is 17.4. The van der Waals surface area contributed by atoms with Crippen LogP contribution in [0.25, 0.3) is 5.69 Å². The molecular weight excluding hydrogens is 337 g/mol. The van der Waals surface area contributed by atoms with Crippen molar-refractivity contribution in [1.29, 1.82) is 0 Å². The van der Waals surface area contributed by atoms with Crippen molar-refractivity contribution in [2.45, 2.75) is 27.1 Å². The molecule has 1 unspecified atom stereocenters. The number of para-hydroxylation sites is 1. The van der Waals surface area contributed by atoms with Crippen LogP contribution in [0, 0.1) is 24.4 Å². The van der Waals surface area contributed by atoms with Crippen molar-refractivity contribution in [3.63, 3.8) is 0 Å². The molecule has 0 spiro atoms. The lowest BCUT2D eigenvalue weighted by Crippen LogP contribution is -3.07. The first-order valence-corrected chi connectivity index (χ1v) is 8.51. The van der Waals surface area contributed by atoms with Gasteiger partial charge in [-0.15, -0.1) is 0 Å². The summed E-state index contributed by atoms with van der Waals surface area (Å²) in [5.41, 5.74) is 4.26. The Balaban J connectivity index is 1.79. The maximum atomic E-state index is 13.0. The zero-order valence-corrected chi connectivity index (χ0v) is 15.3. The Morgan fingerprint density at radius 3 is 2.32 bits per heavy atom. The highest BCUT2D eigenvalue weighted by molar-refractivity contribution is 7.71. The maximum Gasteiger partial charge on any atom is 0.225 e. The van der Waals surface area contributed by atoms with Gasteiger partial charge in [-0.1, -0.05) is 30.3 Å². The number of benzene rings is 2. The summed E-state index contributed by atoms with van der Waals surface area (Å²) in [6.45, 7) is 5.41. The van der Waals surface area contributed by atoms with Crippen LogP contribution >= 0.6 is 12.2 Å². The number of hydrogen-bond acceptors (Lipinski definition) is 3. The van der Waals surface area contributed by atoms with Crippen molar-refractivity contribution in [1.82, 2.24) is 19.8 Å². The zero-order valence-electron chi connectivity index (χ0n) is 14.5. The fourth-order valence-corrected chi connectivity index (χ4v) is 3.14. The van der Waals surface area contributed by atoms with E-state index in [9.17, 15) is 4.39 Å². The molecule has 0 bridgehead atoms. The van der Waals surface area contributed by atoms with Crippen LogP contribution in [-0.4, -0.2) is 26.8 Å². The second-order valence-corrected chi connectivity index (χ2v) is 6.70. The van der Waals surface area contributed by atoms with E-state index in [0.717, 1.165) is 28.9 Å². The Morgan fingerprint density at radius 2 is 1.68 bits per heavy atom. The lowest BCUT2D eigenvalue weighted by molar-refractivity contribution is -0.917. The van der Waals surface area contributed by atoms with Crippen LogP contribution in [0.1, 0.15) is 16.7 Å². The van der Waals surface area contributed by atoms with E-state index in [0.29, 0.717) is 11.4 Å². The van der Waals surface area contributed by atoms with Gasteiger partial charge in [0.2, 0.25) is 4.77 Å². The van der Waals surface area contributed by atoms with Gasteiger partial charge in [0.15, 0.2) is 6.67 Å². The zero-order chi connectivity index (χ0) is 18.0. The van der Waals surface area contributed by atoms with Gasteiger partial charge < -0.3 is 4.90 Å². The van der Waals surface area contributed by atoms with E-state index >= 15 is 0 Å². The summed E-state index contributed by atoms with van der Waals surface area (Å²) in [6.07, 6.45) is 0. The third-order valence-electron chi connectivity index (χ3n) is 4.13. The molecule has 3 aromatic rings. The van der Waals surface area contributed by atoms with Crippen LogP contribution in [0.15, 0.2) is 42.5 Å². The number of nitrogens with zero attached hydrogens (tertiary/aromatic N) is 4. The summed E-state index contributed by atoms with van der Waals surface area (Å²) in [5.74, 6) is -0.222. The normalized spacial score (nSPS) is 12.3. The molecule has 1 atom stereocenters. The fraction of sp³-hybridized carbons (Fsp3) is 0.278. The molecule has 5 nitrogen and oxygen atoms in total. The molecule has 1 N–H and O–H groups in total. The van der Waals surface area contributed by atoms with Gasteiger partial charge in [0.05, 0.1) is 12.7 Å². The van der Waals surface area contributed by atoms with Crippen molar-refractivity contribution in [2.75, 3.05) is 7.05 Å². The largest absolute Gasteiger partial charge is 0.315 e. The van der Waals surface area contributed by atoms with Gasteiger partial charge in [0.1, 0.15) is 12.4 Å². The van der Waals surface area contributed by atoms with Crippen molar-refractivity contribution >= 4 is 12.2 Å². The van der Waals surface area contributed by atoms with E-state index in [-0.39, 0.29) is 5.82 Å². The van der Waals surface area contributed by atoms with E-state index in [4.69, 9.17) is 12.2 Å². The number of aromatic nitrogens is 4. The van der Waals surface area contributed by atoms with Crippen molar-refractivity contribution in [2.24, 2.45) is 0 Å². The van der Waals surface area contributed by atoms with Crippen molar-refractivity contribution in [3.05, 3.63) is 69.7 Å². The Labute approximate surface area is 151 Å². The van der Waals surface area contributed by atoms with Crippen LogP contribution in [-0.2, 0) is 13.2 Å². The highest BCUT2D eigenvalue weighted by Crippen LogP contribution is 2.17. The summed E-state index contributed by atoms with van der Waals surface area (Å²) in [4.78, 5) is 1.18. The number of tetrazole rings is 1. The highest BCUT2D eigenvalue weighted by atomic mass is 32.1. The number of hydrogen-bond donors (Lipinski definition) is 1. The standard InChI is InChI=1S/C18H20FN5S/c1-13-5-4-6-14(2)17(13)24-18(25)23(20-21-24)12-22(3)11-15-7-9-16(19)10-8-15/h4-10H,11-12H2,1-3H3/p+1. The number of halogens is 1. The van der Waals surface area contributed by atoms with Gasteiger partial charge in [-0.3, -0.25) is 0 Å². The molecule has 0 fully saturated rings. The molecule has 0 saturated heterocycles. The second-order valence-electron chi connectivity index (χ2n) is 6.33. The van der Waals surface area contributed by atoms with E-state index in [2.05, 4.69) is 10.4 Å². The second kappa shape index (κ2) is 7.25. The van der Waals surface area contributed by atoms with Crippen molar-refractivity contribution in [3.8, 4) is 5.69 Å². The highest BCUT2D eigenvalue weighted by Gasteiger charge is 2.13. The molecule has 1 heterocycles. The first-order valence-electron chi connectivity index (χ1n) is 8.11. The average Bonchev–Trinajstić information content (AvgIpc) is 2.91. The predicted molar refractivity (Wildman–Crippen MR) is 96.6 cm³/mol. The molecule has 130 valence electrons. The lowest BCUT2D eigenvalue weighted by atomic mass is 10.1. The summed E-state index contributed by atoms with van der Waals surface area (Å²) in [6, 6.07) is 12.6. The van der Waals surface area contributed by atoms with Crippen LogP contribution in [0.2, 0.25) is 0 Å². The quantitative estimate of drug-likeness (QED) is 0.711. The molecule has 0 radical (unpaired) electrons. The molecule has 1 aromatic heterocycles. The Bertz CT molecular complexity index is 909. The predicted octanol–water partition coefficient (Wildman–Crippen LogP) is 2.23. The molecule has 0 aliphatic rings. The molecule has 0 amide bonds. The van der Waals surface area contributed by atoms with E-state index < -0.39 is 0 Å². The molecule has 2 aromatic carbocycles. The van der Waals surface area contributed by atoms with E-state index in [1.165, 1.54) is 17.0 Å². The maximum absolute atomic E-state index is 13.0. The minimum absolute atomic E-state index is 0.222. The number of nitrogens with one attached hydrogen (secondary N) is 1. The van der Waals surface area contributed by atoms with Crippen LogP contribution in [0.5, 0.6) is 0 Å². The molecule has 0 aliphatic carbocycles.